The second kappa shape index (κ2) is 7.23. The van der Waals surface area contributed by atoms with Gasteiger partial charge in [-0.25, -0.2) is 4.79 Å². The second-order valence-electron chi connectivity index (χ2n) is 5.81. The monoisotopic (exact) mass is 373 g/mol. The summed E-state index contributed by atoms with van der Waals surface area (Å²) in [5, 5.41) is 51.3. The maximum Gasteiger partial charge on any atom is 0.335 e. The van der Waals surface area contributed by atoms with E-state index in [1.165, 1.54) is 13.2 Å². The summed E-state index contributed by atoms with van der Waals surface area (Å²) in [4.78, 5) is 11.1. The van der Waals surface area contributed by atoms with Gasteiger partial charge in [0.05, 0.1) is 12.8 Å². The number of nitrogens with one attached hydrogen (secondary N) is 1. The Morgan fingerprint density at radius 3 is 2.50 bits per heavy atom. The van der Waals surface area contributed by atoms with Crippen molar-refractivity contribution in [3.05, 3.63) is 18.2 Å². The van der Waals surface area contributed by atoms with Gasteiger partial charge in [-0.3, -0.25) is 0 Å². The standard InChI is InChI=1S/C15H19NO10/c1-23-5-2-3-6-7(4-5)24-15(12(20)16-6)26-14-10(19)8(17)9(18)11(25-14)13(21)22/h2-4,8-12,14-20H,1H3,(H,21,22). The van der Waals surface area contributed by atoms with E-state index in [4.69, 9.17) is 24.1 Å². The first-order valence-corrected chi connectivity index (χ1v) is 7.69. The van der Waals surface area contributed by atoms with Crippen LogP contribution in [0.2, 0.25) is 0 Å². The number of carboxylic acid groups (broad SMARTS) is 1. The van der Waals surface area contributed by atoms with Gasteiger partial charge < -0.3 is 49.8 Å². The van der Waals surface area contributed by atoms with E-state index in [1.54, 1.807) is 12.1 Å². The second-order valence-corrected chi connectivity index (χ2v) is 5.81. The van der Waals surface area contributed by atoms with Crippen molar-refractivity contribution in [3.8, 4) is 11.5 Å². The third-order valence-electron chi connectivity index (χ3n) is 4.07. The number of hydrogen-bond donors (Lipinski definition) is 6. The van der Waals surface area contributed by atoms with Crippen LogP contribution in [0.25, 0.3) is 0 Å². The molecule has 0 aliphatic carbocycles. The summed E-state index contributed by atoms with van der Waals surface area (Å²) >= 11 is 0. The average Bonchev–Trinajstić information content (AvgIpc) is 2.61. The summed E-state index contributed by atoms with van der Waals surface area (Å²) < 4.78 is 20.9. The zero-order chi connectivity index (χ0) is 19.0. The molecule has 2 aliphatic heterocycles. The Kier molecular flexibility index (Phi) is 5.18. The zero-order valence-electron chi connectivity index (χ0n) is 13.6. The number of aliphatic hydroxyl groups excluding tert-OH is 4. The summed E-state index contributed by atoms with van der Waals surface area (Å²) in [6, 6.07) is 4.79. The first kappa shape index (κ1) is 18.6. The summed E-state index contributed by atoms with van der Waals surface area (Å²) in [5.74, 6) is -0.783. The Morgan fingerprint density at radius 1 is 1.12 bits per heavy atom. The fourth-order valence-corrected chi connectivity index (χ4v) is 2.66. The van der Waals surface area contributed by atoms with Crippen LogP contribution in [0, 0.1) is 0 Å². The van der Waals surface area contributed by atoms with Crippen LogP contribution in [0.1, 0.15) is 0 Å². The first-order valence-electron chi connectivity index (χ1n) is 7.69. The highest BCUT2D eigenvalue weighted by molar-refractivity contribution is 5.73. The molecular weight excluding hydrogens is 354 g/mol. The Labute approximate surface area is 147 Å². The molecule has 0 spiro atoms. The van der Waals surface area contributed by atoms with Gasteiger partial charge in [0.25, 0.3) is 0 Å². The molecule has 2 heterocycles. The zero-order valence-corrected chi connectivity index (χ0v) is 13.6. The lowest BCUT2D eigenvalue weighted by Gasteiger charge is -2.41. The van der Waals surface area contributed by atoms with E-state index in [0.29, 0.717) is 11.4 Å². The van der Waals surface area contributed by atoms with Crippen LogP contribution < -0.4 is 14.8 Å². The van der Waals surface area contributed by atoms with Gasteiger partial charge in [-0.05, 0) is 12.1 Å². The molecule has 0 saturated carbocycles. The largest absolute Gasteiger partial charge is 0.497 e. The van der Waals surface area contributed by atoms with Gasteiger partial charge in [0.1, 0.15) is 29.8 Å². The summed E-state index contributed by atoms with van der Waals surface area (Å²) in [5.41, 5.74) is 0.460. The van der Waals surface area contributed by atoms with Crippen LogP contribution in [0.15, 0.2) is 18.2 Å². The number of rotatable bonds is 4. The molecular formula is C15H19NO10. The first-order chi connectivity index (χ1) is 12.3. The summed E-state index contributed by atoms with van der Waals surface area (Å²) in [6.07, 6.45) is -11.7. The predicted molar refractivity (Wildman–Crippen MR) is 82.4 cm³/mol. The number of carboxylic acids is 1. The smallest absolute Gasteiger partial charge is 0.335 e. The van der Waals surface area contributed by atoms with Gasteiger partial charge in [0, 0.05) is 6.07 Å². The molecule has 7 atom stereocenters. The summed E-state index contributed by atoms with van der Waals surface area (Å²) in [6.45, 7) is 0. The van der Waals surface area contributed by atoms with E-state index < -0.39 is 49.2 Å². The highest BCUT2D eigenvalue weighted by Gasteiger charge is 2.49. The molecule has 26 heavy (non-hydrogen) atoms. The number of methoxy groups -OCH3 is 1. The highest BCUT2D eigenvalue weighted by atomic mass is 16.8. The minimum absolute atomic E-state index is 0.278. The lowest BCUT2D eigenvalue weighted by atomic mass is 9.99. The number of fused-ring (bicyclic) bond motifs is 1. The van der Waals surface area contributed by atoms with Gasteiger partial charge in [-0.1, -0.05) is 0 Å². The highest BCUT2D eigenvalue weighted by Crippen LogP contribution is 2.35. The van der Waals surface area contributed by atoms with Gasteiger partial charge in [-0.2, -0.15) is 0 Å². The van der Waals surface area contributed by atoms with Crippen molar-refractivity contribution >= 4 is 11.7 Å². The van der Waals surface area contributed by atoms with Crippen molar-refractivity contribution in [1.29, 1.82) is 0 Å². The number of benzene rings is 1. The van der Waals surface area contributed by atoms with Gasteiger partial charge in [-0.15, -0.1) is 0 Å². The Bertz CT molecular complexity index is 670. The number of ether oxygens (including phenoxy) is 4. The molecule has 7 unspecified atom stereocenters. The molecule has 1 aromatic rings. The SMILES string of the molecule is COc1ccc2c(c1)OC(OC1OC(C(=O)O)C(O)C(O)C1O)C(O)N2. The van der Waals surface area contributed by atoms with Crippen molar-refractivity contribution in [2.75, 3.05) is 12.4 Å². The van der Waals surface area contributed by atoms with E-state index in [2.05, 4.69) is 5.32 Å². The van der Waals surface area contributed by atoms with Crippen molar-refractivity contribution in [2.45, 2.75) is 43.2 Å². The summed E-state index contributed by atoms with van der Waals surface area (Å²) in [7, 11) is 1.46. The van der Waals surface area contributed by atoms with E-state index in [1.807, 2.05) is 0 Å². The number of carbonyl (C=O) groups is 1. The van der Waals surface area contributed by atoms with Crippen LogP contribution in [-0.2, 0) is 14.3 Å². The van der Waals surface area contributed by atoms with Crippen molar-refractivity contribution < 1.29 is 49.3 Å². The van der Waals surface area contributed by atoms with Gasteiger partial charge >= 0.3 is 5.97 Å². The minimum Gasteiger partial charge on any atom is -0.497 e. The average molecular weight is 373 g/mol. The molecule has 0 amide bonds. The van der Waals surface area contributed by atoms with Gasteiger partial charge in [0.2, 0.25) is 6.29 Å². The van der Waals surface area contributed by atoms with Crippen LogP contribution >= 0.6 is 0 Å². The van der Waals surface area contributed by atoms with Crippen LogP contribution in [0.5, 0.6) is 11.5 Å². The fourth-order valence-electron chi connectivity index (χ4n) is 2.66. The van der Waals surface area contributed by atoms with Crippen LogP contribution in [-0.4, -0.2) is 81.8 Å². The molecule has 11 heteroatoms. The molecule has 3 rings (SSSR count). The van der Waals surface area contributed by atoms with E-state index in [0.717, 1.165) is 0 Å². The van der Waals surface area contributed by atoms with Crippen molar-refractivity contribution in [2.24, 2.45) is 0 Å². The quantitative estimate of drug-likeness (QED) is 0.347. The van der Waals surface area contributed by atoms with Crippen LogP contribution in [0.4, 0.5) is 5.69 Å². The van der Waals surface area contributed by atoms with E-state index >= 15 is 0 Å². The molecule has 144 valence electrons. The van der Waals surface area contributed by atoms with Crippen molar-refractivity contribution in [1.82, 2.24) is 0 Å². The number of aliphatic carboxylic acids is 1. The lowest BCUT2D eigenvalue weighted by Crippen LogP contribution is -2.62. The van der Waals surface area contributed by atoms with Crippen LogP contribution in [0.3, 0.4) is 0 Å². The third-order valence-corrected chi connectivity index (χ3v) is 4.07. The molecule has 1 fully saturated rings. The molecule has 0 radical (unpaired) electrons. The Balaban J connectivity index is 1.75. The topological polar surface area (TPSA) is 167 Å². The molecule has 1 aromatic carbocycles. The number of aliphatic hydroxyl groups is 4. The van der Waals surface area contributed by atoms with Crippen molar-refractivity contribution in [3.63, 3.8) is 0 Å². The minimum atomic E-state index is -1.84. The maximum absolute atomic E-state index is 11.1. The predicted octanol–water partition coefficient (Wildman–Crippen LogP) is -1.95. The molecule has 6 N–H and O–H groups in total. The normalized spacial score (nSPS) is 36.4. The molecule has 11 nitrogen and oxygen atoms in total. The molecule has 0 aromatic heterocycles. The lowest BCUT2D eigenvalue weighted by molar-refractivity contribution is -0.330. The third kappa shape index (κ3) is 3.40. The molecule has 2 aliphatic rings. The Hall–Kier alpha value is -2.15. The van der Waals surface area contributed by atoms with E-state index in [9.17, 15) is 25.2 Å². The number of anilines is 1. The maximum atomic E-state index is 11.1. The molecule has 0 bridgehead atoms. The molecule has 1 saturated heterocycles. The van der Waals surface area contributed by atoms with E-state index in [-0.39, 0.29) is 5.75 Å². The Morgan fingerprint density at radius 2 is 1.85 bits per heavy atom. The number of hydrogen-bond acceptors (Lipinski definition) is 10. The van der Waals surface area contributed by atoms with Gasteiger partial charge in [0.15, 0.2) is 18.6 Å². The fraction of sp³-hybridized carbons (Fsp3) is 0.533.